The summed E-state index contributed by atoms with van der Waals surface area (Å²) in [4.78, 5) is 0. The van der Waals surface area contributed by atoms with Crippen molar-refractivity contribution in [2.45, 2.75) is 19.3 Å². The summed E-state index contributed by atoms with van der Waals surface area (Å²) >= 11 is 6.07. The second kappa shape index (κ2) is 2.95. The van der Waals surface area contributed by atoms with Gasteiger partial charge in [0.15, 0.2) is 0 Å². The molecule has 0 spiro atoms. The number of allylic oxidation sites excluding steroid dienone is 1. The van der Waals surface area contributed by atoms with Gasteiger partial charge in [-0.3, -0.25) is 0 Å². The molecular weight excluding hydrogens is 168 g/mol. The molecule has 2 rings (SSSR count). The fourth-order valence-electron chi connectivity index (χ4n) is 1.76. The SMILES string of the molecule is C=C1CCCc2c(Cl)cccc21. The van der Waals surface area contributed by atoms with Gasteiger partial charge in [-0.05, 0) is 42.0 Å². The molecule has 0 amide bonds. The molecule has 0 unspecified atom stereocenters. The van der Waals surface area contributed by atoms with Crippen LogP contribution in [0.15, 0.2) is 24.8 Å². The van der Waals surface area contributed by atoms with Gasteiger partial charge in [-0.1, -0.05) is 30.3 Å². The van der Waals surface area contributed by atoms with Gasteiger partial charge in [0, 0.05) is 5.02 Å². The summed E-state index contributed by atoms with van der Waals surface area (Å²) in [6.07, 6.45) is 3.41. The van der Waals surface area contributed by atoms with Crippen molar-refractivity contribution in [3.63, 3.8) is 0 Å². The lowest BCUT2D eigenvalue weighted by molar-refractivity contribution is 0.824. The predicted octanol–water partition coefficient (Wildman–Crippen LogP) is 3.69. The first-order valence-corrected chi connectivity index (χ1v) is 4.62. The van der Waals surface area contributed by atoms with E-state index < -0.39 is 0 Å². The Morgan fingerprint density at radius 1 is 1.25 bits per heavy atom. The van der Waals surface area contributed by atoms with Crippen LogP contribution >= 0.6 is 11.6 Å². The molecule has 0 aromatic heterocycles. The maximum atomic E-state index is 6.07. The van der Waals surface area contributed by atoms with Crippen LogP contribution in [-0.2, 0) is 6.42 Å². The van der Waals surface area contributed by atoms with Crippen LogP contribution in [0.1, 0.15) is 24.0 Å². The Labute approximate surface area is 77.9 Å². The van der Waals surface area contributed by atoms with Crippen LogP contribution < -0.4 is 0 Å². The lowest BCUT2D eigenvalue weighted by Crippen LogP contribution is -2.01. The monoisotopic (exact) mass is 178 g/mol. The van der Waals surface area contributed by atoms with E-state index in [9.17, 15) is 0 Å². The van der Waals surface area contributed by atoms with E-state index in [-0.39, 0.29) is 0 Å². The van der Waals surface area contributed by atoms with Gasteiger partial charge in [0.1, 0.15) is 0 Å². The van der Waals surface area contributed by atoms with Crippen LogP contribution in [0.3, 0.4) is 0 Å². The molecule has 0 saturated carbocycles. The summed E-state index contributed by atoms with van der Waals surface area (Å²) in [7, 11) is 0. The molecule has 62 valence electrons. The fraction of sp³-hybridized carbons (Fsp3) is 0.273. The fourth-order valence-corrected chi connectivity index (χ4v) is 2.03. The van der Waals surface area contributed by atoms with Crippen molar-refractivity contribution in [2.24, 2.45) is 0 Å². The van der Waals surface area contributed by atoms with Gasteiger partial charge in [-0.2, -0.15) is 0 Å². The quantitative estimate of drug-likeness (QED) is 0.569. The van der Waals surface area contributed by atoms with Gasteiger partial charge in [0.05, 0.1) is 0 Å². The van der Waals surface area contributed by atoms with E-state index in [2.05, 4.69) is 12.6 Å². The summed E-state index contributed by atoms with van der Waals surface area (Å²) in [6.45, 7) is 4.04. The number of hydrogen-bond donors (Lipinski definition) is 0. The molecule has 12 heavy (non-hydrogen) atoms. The molecule has 0 fully saturated rings. The average Bonchev–Trinajstić information content (AvgIpc) is 2.07. The standard InChI is InChI=1S/C11H11Cl/c1-8-4-2-6-10-9(8)5-3-7-11(10)12/h3,5,7H,1-2,4,6H2. The third-order valence-electron chi connectivity index (χ3n) is 2.41. The average molecular weight is 179 g/mol. The topological polar surface area (TPSA) is 0 Å². The second-order valence-corrected chi connectivity index (χ2v) is 3.63. The van der Waals surface area contributed by atoms with Crippen LogP contribution in [0, 0.1) is 0 Å². The molecule has 1 aromatic carbocycles. The Balaban J connectivity index is 2.59. The Hall–Kier alpha value is -0.750. The molecule has 0 nitrogen and oxygen atoms in total. The van der Waals surface area contributed by atoms with Gasteiger partial charge < -0.3 is 0 Å². The molecule has 0 N–H and O–H groups in total. The lowest BCUT2D eigenvalue weighted by Gasteiger charge is -2.18. The molecule has 0 aliphatic heterocycles. The molecule has 0 atom stereocenters. The number of hydrogen-bond acceptors (Lipinski definition) is 0. The van der Waals surface area contributed by atoms with Gasteiger partial charge in [0.2, 0.25) is 0 Å². The molecule has 0 saturated heterocycles. The highest BCUT2D eigenvalue weighted by Gasteiger charge is 2.13. The van der Waals surface area contributed by atoms with Crippen molar-refractivity contribution in [2.75, 3.05) is 0 Å². The van der Waals surface area contributed by atoms with Crippen molar-refractivity contribution in [1.82, 2.24) is 0 Å². The first-order chi connectivity index (χ1) is 5.79. The molecule has 1 aromatic rings. The molecule has 0 radical (unpaired) electrons. The van der Waals surface area contributed by atoms with Gasteiger partial charge in [0.25, 0.3) is 0 Å². The third kappa shape index (κ3) is 1.16. The number of fused-ring (bicyclic) bond motifs is 1. The minimum atomic E-state index is 0.897. The van der Waals surface area contributed by atoms with Crippen molar-refractivity contribution in [3.05, 3.63) is 40.9 Å². The first-order valence-electron chi connectivity index (χ1n) is 4.24. The van der Waals surface area contributed by atoms with Crippen LogP contribution in [0.4, 0.5) is 0 Å². The molecule has 1 aliphatic carbocycles. The van der Waals surface area contributed by atoms with Crippen LogP contribution in [0.25, 0.3) is 5.57 Å². The van der Waals surface area contributed by atoms with Gasteiger partial charge in [-0.15, -0.1) is 0 Å². The lowest BCUT2D eigenvalue weighted by atomic mass is 9.88. The van der Waals surface area contributed by atoms with Crippen LogP contribution in [0.2, 0.25) is 5.02 Å². The van der Waals surface area contributed by atoms with Crippen molar-refractivity contribution in [3.8, 4) is 0 Å². The Morgan fingerprint density at radius 2 is 2.08 bits per heavy atom. The van der Waals surface area contributed by atoms with E-state index >= 15 is 0 Å². The number of benzene rings is 1. The molecule has 1 aliphatic rings. The zero-order valence-electron chi connectivity index (χ0n) is 6.94. The molecule has 0 heterocycles. The highest BCUT2D eigenvalue weighted by molar-refractivity contribution is 6.31. The Kier molecular flexibility index (Phi) is 1.93. The zero-order valence-corrected chi connectivity index (χ0v) is 7.69. The van der Waals surface area contributed by atoms with E-state index in [1.807, 2.05) is 12.1 Å². The molecular formula is C11H11Cl. The summed E-state index contributed by atoms with van der Waals surface area (Å²) in [5, 5.41) is 0.897. The first kappa shape index (κ1) is 7.88. The number of rotatable bonds is 0. The van der Waals surface area contributed by atoms with E-state index in [0.717, 1.165) is 17.9 Å². The maximum Gasteiger partial charge on any atom is 0.0444 e. The normalized spacial score (nSPS) is 15.9. The predicted molar refractivity (Wildman–Crippen MR) is 53.4 cm³/mol. The summed E-state index contributed by atoms with van der Waals surface area (Å²) < 4.78 is 0. The minimum absolute atomic E-state index is 0.897. The van der Waals surface area contributed by atoms with E-state index in [1.165, 1.54) is 23.1 Å². The Bertz CT molecular complexity index is 326. The highest BCUT2D eigenvalue weighted by atomic mass is 35.5. The number of halogens is 1. The summed E-state index contributed by atoms with van der Waals surface area (Å²) in [5.41, 5.74) is 3.79. The smallest absolute Gasteiger partial charge is 0.0444 e. The highest BCUT2D eigenvalue weighted by Crippen LogP contribution is 2.33. The maximum absolute atomic E-state index is 6.07. The van der Waals surface area contributed by atoms with Crippen molar-refractivity contribution in [1.29, 1.82) is 0 Å². The van der Waals surface area contributed by atoms with E-state index in [1.54, 1.807) is 0 Å². The van der Waals surface area contributed by atoms with Crippen molar-refractivity contribution < 1.29 is 0 Å². The minimum Gasteiger partial charge on any atom is -0.0952 e. The van der Waals surface area contributed by atoms with E-state index in [4.69, 9.17) is 11.6 Å². The second-order valence-electron chi connectivity index (χ2n) is 3.22. The molecule has 1 heteroatoms. The Morgan fingerprint density at radius 3 is 2.83 bits per heavy atom. The largest absolute Gasteiger partial charge is 0.0952 e. The zero-order chi connectivity index (χ0) is 8.55. The summed E-state index contributed by atoms with van der Waals surface area (Å²) in [5.74, 6) is 0. The summed E-state index contributed by atoms with van der Waals surface area (Å²) in [6, 6.07) is 6.07. The van der Waals surface area contributed by atoms with Gasteiger partial charge in [-0.25, -0.2) is 0 Å². The van der Waals surface area contributed by atoms with Gasteiger partial charge >= 0.3 is 0 Å². The van der Waals surface area contributed by atoms with E-state index in [0.29, 0.717) is 0 Å². The van der Waals surface area contributed by atoms with Crippen LogP contribution in [-0.4, -0.2) is 0 Å². The van der Waals surface area contributed by atoms with Crippen molar-refractivity contribution >= 4 is 17.2 Å². The third-order valence-corrected chi connectivity index (χ3v) is 2.76. The van der Waals surface area contributed by atoms with Crippen LogP contribution in [0.5, 0.6) is 0 Å². The molecule has 0 bridgehead atoms.